The van der Waals surface area contributed by atoms with Gasteiger partial charge in [-0.2, -0.15) is 18.3 Å². The second-order valence-electron chi connectivity index (χ2n) is 5.61. The van der Waals surface area contributed by atoms with Gasteiger partial charge in [-0.25, -0.2) is 0 Å². The molecule has 0 aliphatic carbocycles. The van der Waals surface area contributed by atoms with Crippen molar-refractivity contribution in [3.05, 3.63) is 15.9 Å². The van der Waals surface area contributed by atoms with E-state index < -0.39 is 17.9 Å². The van der Waals surface area contributed by atoms with Crippen molar-refractivity contribution in [2.75, 3.05) is 13.1 Å². The molecule has 1 saturated heterocycles. The molecule has 1 aliphatic rings. The predicted octanol–water partition coefficient (Wildman–Crippen LogP) is 3.94. The Morgan fingerprint density at radius 3 is 2.23 bits per heavy atom. The van der Waals surface area contributed by atoms with Crippen molar-refractivity contribution in [3.8, 4) is 0 Å². The molecule has 4 nitrogen and oxygen atoms in total. The van der Waals surface area contributed by atoms with Gasteiger partial charge in [-0.3, -0.25) is 9.48 Å². The molecule has 1 fully saturated rings. The fourth-order valence-electron chi connectivity index (χ4n) is 2.72. The monoisotopic (exact) mass is 381 g/mol. The largest absolute Gasteiger partial charge is 0.436 e. The molecule has 0 spiro atoms. The molecule has 0 saturated carbocycles. The lowest BCUT2D eigenvalue weighted by Gasteiger charge is -2.24. The van der Waals surface area contributed by atoms with Crippen LogP contribution in [0.15, 0.2) is 4.47 Å². The van der Waals surface area contributed by atoms with Gasteiger partial charge < -0.3 is 4.90 Å². The van der Waals surface area contributed by atoms with E-state index in [2.05, 4.69) is 21.0 Å². The number of nitrogens with zero attached hydrogens (tertiary/aromatic N) is 3. The van der Waals surface area contributed by atoms with Gasteiger partial charge in [0.25, 0.3) is 0 Å². The molecular formula is C14H19BrF3N3O. The van der Waals surface area contributed by atoms with Crippen LogP contribution in [0, 0.1) is 6.92 Å². The fraction of sp³-hybridized carbons (Fsp3) is 0.714. The van der Waals surface area contributed by atoms with Crippen LogP contribution in [0.2, 0.25) is 0 Å². The zero-order chi connectivity index (χ0) is 16.5. The maximum atomic E-state index is 12.9. The van der Waals surface area contributed by atoms with Gasteiger partial charge in [-0.1, -0.05) is 12.8 Å². The van der Waals surface area contributed by atoms with E-state index in [0.717, 1.165) is 25.7 Å². The maximum absolute atomic E-state index is 12.9. The summed E-state index contributed by atoms with van der Waals surface area (Å²) in [5.41, 5.74) is -0.677. The third-order valence-electron chi connectivity index (χ3n) is 3.99. The van der Waals surface area contributed by atoms with Gasteiger partial charge in [0.05, 0.1) is 10.2 Å². The van der Waals surface area contributed by atoms with Crippen LogP contribution in [0.3, 0.4) is 0 Å². The van der Waals surface area contributed by atoms with Gasteiger partial charge in [0.1, 0.15) is 6.04 Å². The number of amides is 1. The van der Waals surface area contributed by atoms with E-state index in [0.29, 0.717) is 18.8 Å². The molecule has 2 heterocycles. The maximum Gasteiger partial charge on any atom is 0.436 e. The smallest absolute Gasteiger partial charge is 0.341 e. The Labute approximate surface area is 135 Å². The molecule has 1 aromatic rings. The predicted molar refractivity (Wildman–Crippen MR) is 79.4 cm³/mol. The Morgan fingerprint density at radius 2 is 1.77 bits per heavy atom. The number of aromatic nitrogens is 2. The van der Waals surface area contributed by atoms with Crippen LogP contribution in [-0.4, -0.2) is 33.7 Å². The van der Waals surface area contributed by atoms with E-state index in [1.807, 2.05) is 0 Å². The standard InChI is InChI=1S/C14H19BrF3N3O/c1-9-11(15)12(14(16,17)18)19-21(9)10(2)13(22)20-7-5-3-4-6-8-20/h10H,3-8H2,1-2H3/t10-/m0/s1. The average Bonchev–Trinajstić information content (AvgIpc) is 2.66. The minimum Gasteiger partial charge on any atom is -0.341 e. The number of carbonyl (C=O) groups excluding carboxylic acids is 1. The van der Waals surface area contributed by atoms with Crippen molar-refractivity contribution in [3.63, 3.8) is 0 Å². The van der Waals surface area contributed by atoms with Crippen LogP contribution in [0.5, 0.6) is 0 Å². The number of hydrogen-bond acceptors (Lipinski definition) is 2. The minimum atomic E-state index is -4.54. The van der Waals surface area contributed by atoms with Crippen LogP contribution >= 0.6 is 15.9 Å². The number of alkyl halides is 3. The van der Waals surface area contributed by atoms with Gasteiger partial charge in [0.15, 0.2) is 5.69 Å². The van der Waals surface area contributed by atoms with Gasteiger partial charge >= 0.3 is 6.18 Å². The summed E-state index contributed by atoms with van der Waals surface area (Å²) in [6, 6.07) is -0.745. The Kier molecular flexibility index (Phi) is 5.19. The highest BCUT2D eigenvalue weighted by Crippen LogP contribution is 2.36. The molecule has 124 valence electrons. The number of halogens is 4. The molecule has 1 amide bonds. The van der Waals surface area contributed by atoms with Crippen molar-refractivity contribution in [1.29, 1.82) is 0 Å². The quantitative estimate of drug-likeness (QED) is 0.777. The summed E-state index contributed by atoms with van der Waals surface area (Å²) in [6.07, 6.45) is -0.492. The number of hydrogen-bond donors (Lipinski definition) is 0. The first-order chi connectivity index (χ1) is 10.2. The zero-order valence-electron chi connectivity index (χ0n) is 12.6. The van der Waals surface area contributed by atoms with Crippen molar-refractivity contribution < 1.29 is 18.0 Å². The second-order valence-corrected chi connectivity index (χ2v) is 6.40. The number of likely N-dealkylation sites (tertiary alicyclic amines) is 1. The van der Waals surface area contributed by atoms with Crippen LogP contribution < -0.4 is 0 Å². The first kappa shape index (κ1) is 17.3. The summed E-state index contributed by atoms with van der Waals surface area (Å²) in [5.74, 6) is -0.172. The SMILES string of the molecule is Cc1c(Br)c(C(F)(F)F)nn1[C@@H](C)C(=O)N1CCCCCC1. The highest BCUT2D eigenvalue weighted by Gasteiger charge is 2.39. The number of rotatable bonds is 2. The zero-order valence-corrected chi connectivity index (χ0v) is 14.2. The summed E-state index contributed by atoms with van der Waals surface area (Å²) in [6.45, 7) is 4.45. The van der Waals surface area contributed by atoms with Gasteiger partial charge in [0.2, 0.25) is 5.91 Å². The molecule has 0 aromatic carbocycles. The van der Waals surface area contributed by atoms with Crippen molar-refractivity contribution >= 4 is 21.8 Å². The fourth-order valence-corrected chi connectivity index (χ4v) is 3.20. The summed E-state index contributed by atoms with van der Waals surface area (Å²) in [4.78, 5) is 14.3. The van der Waals surface area contributed by atoms with Crippen LogP contribution in [0.1, 0.15) is 50.0 Å². The van der Waals surface area contributed by atoms with E-state index in [9.17, 15) is 18.0 Å². The summed E-state index contributed by atoms with van der Waals surface area (Å²) >= 11 is 2.93. The first-order valence-electron chi connectivity index (χ1n) is 7.34. The Hall–Kier alpha value is -1.05. The van der Waals surface area contributed by atoms with E-state index in [1.165, 1.54) is 11.6 Å². The molecule has 1 atom stereocenters. The lowest BCUT2D eigenvalue weighted by molar-refractivity contribution is -0.143. The van der Waals surface area contributed by atoms with E-state index in [1.54, 1.807) is 11.8 Å². The van der Waals surface area contributed by atoms with Crippen molar-refractivity contribution in [2.45, 2.75) is 51.7 Å². The third kappa shape index (κ3) is 3.47. The first-order valence-corrected chi connectivity index (χ1v) is 8.13. The normalized spacial score (nSPS) is 18.2. The molecule has 0 bridgehead atoms. The topological polar surface area (TPSA) is 38.1 Å². The molecular weight excluding hydrogens is 363 g/mol. The summed E-state index contributed by atoms with van der Waals surface area (Å²) < 4.78 is 39.8. The molecule has 2 rings (SSSR count). The average molecular weight is 382 g/mol. The molecule has 22 heavy (non-hydrogen) atoms. The van der Waals surface area contributed by atoms with Crippen LogP contribution in [0.4, 0.5) is 13.2 Å². The van der Waals surface area contributed by atoms with Gasteiger partial charge in [0, 0.05) is 13.1 Å². The van der Waals surface area contributed by atoms with E-state index >= 15 is 0 Å². The molecule has 0 unspecified atom stereocenters. The molecule has 8 heteroatoms. The Bertz CT molecular complexity index is 548. The van der Waals surface area contributed by atoms with Crippen molar-refractivity contribution in [2.24, 2.45) is 0 Å². The molecule has 0 N–H and O–H groups in total. The van der Waals surface area contributed by atoms with Crippen molar-refractivity contribution in [1.82, 2.24) is 14.7 Å². The Balaban J connectivity index is 2.25. The summed E-state index contributed by atoms with van der Waals surface area (Å²) in [7, 11) is 0. The Morgan fingerprint density at radius 1 is 1.23 bits per heavy atom. The molecule has 1 aromatic heterocycles. The van der Waals surface area contributed by atoms with Crippen LogP contribution in [0.25, 0.3) is 0 Å². The summed E-state index contributed by atoms with van der Waals surface area (Å²) in [5, 5.41) is 3.62. The van der Waals surface area contributed by atoms with Gasteiger partial charge in [-0.05, 0) is 42.6 Å². The molecule has 1 aliphatic heterocycles. The second kappa shape index (κ2) is 6.60. The number of carbonyl (C=O) groups is 1. The minimum absolute atomic E-state index is 0.101. The van der Waals surface area contributed by atoms with Crippen LogP contribution in [-0.2, 0) is 11.0 Å². The lowest BCUT2D eigenvalue weighted by Crippen LogP contribution is -2.37. The highest BCUT2D eigenvalue weighted by atomic mass is 79.9. The van der Waals surface area contributed by atoms with E-state index in [4.69, 9.17) is 0 Å². The lowest BCUT2D eigenvalue weighted by atomic mass is 10.2. The third-order valence-corrected chi connectivity index (χ3v) is 4.94. The van der Waals surface area contributed by atoms with Gasteiger partial charge in [-0.15, -0.1) is 0 Å². The highest BCUT2D eigenvalue weighted by molar-refractivity contribution is 9.10. The van der Waals surface area contributed by atoms with E-state index in [-0.39, 0.29) is 10.4 Å². The molecule has 0 radical (unpaired) electrons.